The first-order valence-corrected chi connectivity index (χ1v) is 7.86. The van der Waals surface area contributed by atoms with Gasteiger partial charge in [0.05, 0.1) is 12.3 Å². The van der Waals surface area contributed by atoms with E-state index >= 15 is 0 Å². The van der Waals surface area contributed by atoms with Crippen LogP contribution in [-0.4, -0.2) is 63.6 Å². The molecule has 0 aromatic heterocycles. The molecule has 1 aromatic carbocycles. The number of nitrogens with zero attached hydrogens (tertiary/aromatic N) is 2. The molecule has 4 rings (SSSR count). The topological polar surface area (TPSA) is 91.3 Å². The van der Waals surface area contributed by atoms with E-state index in [9.17, 15) is 14.7 Å². The first-order chi connectivity index (χ1) is 11.4. The summed E-state index contributed by atoms with van der Waals surface area (Å²) in [5.74, 6) is -1.60. The van der Waals surface area contributed by atoms with Crippen molar-refractivity contribution in [3.05, 3.63) is 30.3 Å². The summed E-state index contributed by atoms with van der Waals surface area (Å²) < 4.78 is 11.6. The van der Waals surface area contributed by atoms with E-state index in [0.717, 1.165) is 0 Å². The lowest BCUT2D eigenvalue weighted by Crippen LogP contribution is -2.48. The Hall–Kier alpha value is -2.16. The second-order valence-corrected chi connectivity index (χ2v) is 6.56. The van der Waals surface area contributed by atoms with E-state index in [1.165, 1.54) is 9.91 Å². The molecule has 2 amide bonds. The van der Waals surface area contributed by atoms with Gasteiger partial charge in [0.25, 0.3) is 11.8 Å². The molecule has 3 saturated heterocycles. The fraction of sp³-hybridized carbons (Fsp3) is 0.500. The summed E-state index contributed by atoms with van der Waals surface area (Å²) in [5, 5.41) is 11.0. The van der Waals surface area contributed by atoms with Gasteiger partial charge in [-0.3, -0.25) is 15.0 Å². The number of carbonyl (C=O) groups excluding carboxylic acids is 2. The molecule has 4 atom stereocenters. The van der Waals surface area contributed by atoms with Crippen molar-refractivity contribution in [3.8, 4) is 0 Å². The Morgan fingerprint density at radius 2 is 1.88 bits per heavy atom. The van der Waals surface area contributed by atoms with Crippen molar-refractivity contribution in [3.63, 3.8) is 0 Å². The number of hydrogen-bond acceptors (Lipinski definition) is 6. The minimum atomic E-state index is -0.931. The van der Waals surface area contributed by atoms with Crippen molar-refractivity contribution < 1.29 is 24.2 Å². The number of rotatable bonds is 3. The molecule has 0 spiro atoms. The molecule has 0 bridgehead atoms. The average Bonchev–Trinajstić information content (AvgIpc) is 3.10. The second kappa shape index (κ2) is 5.17. The smallest absolute Gasteiger partial charge is 0.268 e. The summed E-state index contributed by atoms with van der Waals surface area (Å²) in [6.07, 6.45) is -2.04. The molecule has 3 aliphatic heterocycles. The van der Waals surface area contributed by atoms with Crippen LogP contribution in [0.15, 0.2) is 30.3 Å². The van der Waals surface area contributed by atoms with Crippen molar-refractivity contribution >= 4 is 17.5 Å². The molecule has 8 nitrogen and oxygen atoms in total. The Morgan fingerprint density at radius 3 is 2.54 bits per heavy atom. The number of aliphatic hydroxyl groups excluding tert-OH is 1. The van der Waals surface area contributed by atoms with Gasteiger partial charge in [0.15, 0.2) is 18.1 Å². The van der Waals surface area contributed by atoms with Gasteiger partial charge in [-0.25, -0.2) is 5.01 Å². The number of anilines is 1. The number of fused-ring (bicyclic) bond motifs is 3. The van der Waals surface area contributed by atoms with Crippen LogP contribution in [0.25, 0.3) is 0 Å². The molecule has 2 N–H and O–H groups in total. The van der Waals surface area contributed by atoms with Crippen LogP contribution >= 0.6 is 0 Å². The first-order valence-electron chi connectivity index (χ1n) is 7.86. The number of ether oxygens (including phenoxy) is 2. The number of carbonyl (C=O) groups is 2. The number of amides is 2. The van der Waals surface area contributed by atoms with E-state index in [0.29, 0.717) is 5.69 Å². The van der Waals surface area contributed by atoms with Gasteiger partial charge in [-0.15, -0.1) is 0 Å². The Kier molecular flexibility index (Phi) is 3.31. The maximum Gasteiger partial charge on any atom is 0.268 e. The van der Waals surface area contributed by atoms with Gasteiger partial charge in [0, 0.05) is 0 Å². The van der Waals surface area contributed by atoms with Gasteiger partial charge < -0.3 is 19.5 Å². The summed E-state index contributed by atoms with van der Waals surface area (Å²) in [5.41, 5.74) is 3.74. The zero-order valence-corrected chi connectivity index (χ0v) is 13.4. The van der Waals surface area contributed by atoms with Gasteiger partial charge >= 0.3 is 0 Å². The van der Waals surface area contributed by atoms with Crippen molar-refractivity contribution in [2.24, 2.45) is 0 Å². The summed E-state index contributed by atoms with van der Waals surface area (Å²) in [7, 11) is 0. The highest BCUT2D eigenvalue weighted by atomic mass is 16.8. The fourth-order valence-corrected chi connectivity index (χ4v) is 3.59. The molecule has 0 unspecified atom stereocenters. The number of nitrogens with one attached hydrogen (secondary N) is 1. The van der Waals surface area contributed by atoms with Crippen LogP contribution in [0.5, 0.6) is 0 Å². The molecular formula is C16H19N3O5. The molecule has 0 aliphatic carbocycles. The monoisotopic (exact) mass is 333 g/mol. The predicted molar refractivity (Wildman–Crippen MR) is 82.2 cm³/mol. The number of aliphatic hydroxyl groups is 1. The summed E-state index contributed by atoms with van der Waals surface area (Å²) in [6.45, 7) is 3.02. The molecule has 3 heterocycles. The van der Waals surface area contributed by atoms with Crippen LogP contribution < -0.4 is 5.43 Å². The highest BCUT2D eigenvalue weighted by Gasteiger charge is 2.66. The maximum atomic E-state index is 12.7. The SMILES string of the molecule is CC1(C)O[C@@H]2[C@@H]3N(Nc4ccccc4)C(=O)[C@H](CO)N3C(=O)[C@@H]2O1. The van der Waals surface area contributed by atoms with Crippen molar-refractivity contribution in [2.45, 2.75) is 44.1 Å². The molecule has 128 valence electrons. The van der Waals surface area contributed by atoms with Crippen LogP contribution in [0.3, 0.4) is 0 Å². The van der Waals surface area contributed by atoms with Crippen LogP contribution in [0.2, 0.25) is 0 Å². The fourth-order valence-electron chi connectivity index (χ4n) is 3.59. The highest BCUT2D eigenvalue weighted by Crippen LogP contribution is 2.42. The minimum Gasteiger partial charge on any atom is -0.394 e. The van der Waals surface area contributed by atoms with Crippen molar-refractivity contribution in [2.75, 3.05) is 12.0 Å². The van der Waals surface area contributed by atoms with Gasteiger partial charge in [-0.1, -0.05) is 18.2 Å². The standard InChI is InChI=1S/C16H19N3O5/c1-16(2)23-11-12(24-16)15(22)18-10(8-20)14(21)19(13(11)18)17-9-6-4-3-5-7-9/h3-7,10-13,17,20H,8H2,1-2H3/t10-,11-,12+,13-/m0/s1. The average molecular weight is 333 g/mol. The third-order valence-electron chi connectivity index (χ3n) is 4.52. The molecule has 3 aliphatic rings. The van der Waals surface area contributed by atoms with E-state index in [4.69, 9.17) is 9.47 Å². The molecule has 0 saturated carbocycles. The highest BCUT2D eigenvalue weighted by molar-refractivity contribution is 5.96. The van der Waals surface area contributed by atoms with Crippen molar-refractivity contribution in [1.82, 2.24) is 9.91 Å². The maximum absolute atomic E-state index is 12.7. The number of hydrazine groups is 1. The molecule has 8 heteroatoms. The summed E-state index contributed by atoms with van der Waals surface area (Å²) >= 11 is 0. The van der Waals surface area contributed by atoms with Gasteiger partial charge in [0.2, 0.25) is 0 Å². The minimum absolute atomic E-state index is 0.333. The normalized spacial score (nSPS) is 33.8. The Morgan fingerprint density at radius 1 is 1.17 bits per heavy atom. The molecule has 24 heavy (non-hydrogen) atoms. The van der Waals surface area contributed by atoms with Crippen LogP contribution in [0.4, 0.5) is 5.69 Å². The number of benzene rings is 1. The van der Waals surface area contributed by atoms with Crippen LogP contribution in [0.1, 0.15) is 13.8 Å². The first kappa shape index (κ1) is 15.4. The zero-order chi connectivity index (χ0) is 17.1. The van der Waals surface area contributed by atoms with Gasteiger partial charge in [-0.05, 0) is 26.0 Å². The Labute approximate surface area is 138 Å². The summed E-state index contributed by atoms with van der Waals surface area (Å²) in [6, 6.07) is 8.24. The van der Waals surface area contributed by atoms with E-state index in [1.54, 1.807) is 13.8 Å². The zero-order valence-electron chi connectivity index (χ0n) is 13.4. The lowest BCUT2D eigenvalue weighted by atomic mass is 10.2. The number of para-hydroxylation sites is 1. The third kappa shape index (κ3) is 2.10. The molecule has 0 radical (unpaired) electrons. The second-order valence-electron chi connectivity index (χ2n) is 6.56. The molecule has 1 aromatic rings. The van der Waals surface area contributed by atoms with Crippen LogP contribution in [-0.2, 0) is 19.1 Å². The molecule has 3 fully saturated rings. The van der Waals surface area contributed by atoms with Crippen molar-refractivity contribution in [1.29, 1.82) is 0 Å². The van der Waals surface area contributed by atoms with Gasteiger partial charge in [0.1, 0.15) is 12.1 Å². The Balaban J connectivity index is 1.69. The van der Waals surface area contributed by atoms with Gasteiger partial charge in [-0.2, -0.15) is 0 Å². The predicted octanol–water partition coefficient (Wildman–Crippen LogP) is -0.0950. The lowest BCUT2D eigenvalue weighted by Gasteiger charge is -2.30. The quantitative estimate of drug-likeness (QED) is 0.803. The summed E-state index contributed by atoms with van der Waals surface area (Å²) in [4.78, 5) is 26.7. The third-order valence-corrected chi connectivity index (χ3v) is 4.52. The van der Waals surface area contributed by atoms with E-state index in [2.05, 4.69) is 5.43 Å². The number of hydrogen-bond donors (Lipinski definition) is 2. The lowest BCUT2D eigenvalue weighted by molar-refractivity contribution is -0.176. The van der Waals surface area contributed by atoms with E-state index < -0.39 is 36.8 Å². The molecular weight excluding hydrogens is 314 g/mol. The van der Waals surface area contributed by atoms with Crippen LogP contribution in [0, 0.1) is 0 Å². The largest absolute Gasteiger partial charge is 0.394 e. The van der Waals surface area contributed by atoms with E-state index in [1.807, 2.05) is 30.3 Å². The Bertz CT molecular complexity index is 680. The van der Waals surface area contributed by atoms with E-state index in [-0.39, 0.29) is 11.8 Å².